The van der Waals surface area contributed by atoms with E-state index in [1.54, 1.807) is 0 Å². The van der Waals surface area contributed by atoms with Crippen molar-refractivity contribution in [2.24, 2.45) is 0 Å². The van der Waals surface area contributed by atoms with Crippen molar-refractivity contribution in [1.29, 1.82) is 0 Å². The maximum Gasteiger partial charge on any atom is 0.331 e. The maximum atomic E-state index is 11.8. The Labute approximate surface area is 102 Å². The predicted octanol–water partition coefficient (Wildman–Crippen LogP) is 0.245. The second kappa shape index (κ2) is 5.14. The van der Waals surface area contributed by atoms with Crippen LogP contribution >= 0.6 is 0 Å². The van der Waals surface area contributed by atoms with E-state index in [-0.39, 0.29) is 24.0 Å². The first-order valence-electron chi connectivity index (χ1n) is 6.25. The topological polar surface area (TPSA) is 49.9 Å². The summed E-state index contributed by atoms with van der Waals surface area (Å²) in [4.78, 5) is 27.6. The Morgan fingerprint density at radius 1 is 0.941 bits per heavy atom. The van der Waals surface area contributed by atoms with Crippen molar-refractivity contribution < 1.29 is 14.3 Å². The number of esters is 2. The third-order valence-corrected chi connectivity index (χ3v) is 3.79. The molecule has 0 aliphatic carbocycles. The molecule has 2 heterocycles. The minimum atomic E-state index is -0.379. The minimum Gasteiger partial charge on any atom is -0.391 e. The number of hydrogen-bond acceptors (Lipinski definition) is 5. The molecule has 5 heteroatoms. The monoisotopic (exact) mass is 240 g/mol. The first-order chi connectivity index (χ1) is 8.09. The lowest BCUT2D eigenvalue weighted by Crippen LogP contribution is -2.40. The molecule has 2 fully saturated rings. The smallest absolute Gasteiger partial charge is 0.331 e. The molecular formula is C12H20N2O3. The SMILES string of the molecule is CN1CCCC1C(=O)OC(=O)C1CCCN1C. The number of hydrogen-bond donors (Lipinski definition) is 0. The lowest BCUT2D eigenvalue weighted by Gasteiger charge is -2.20. The number of rotatable bonds is 2. The van der Waals surface area contributed by atoms with Gasteiger partial charge in [-0.1, -0.05) is 0 Å². The Morgan fingerprint density at radius 2 is 1.35 bits per heavy atom. The number of likely N-dealkylation sites (tertiary alicyclic amines) is 2. The molecule has 2 saturated heterocycles. The van der Waals surface area contributed by atoms with Crippen LogP contribution in [0.5, 0.6) is 0 Å². The van der Waals surface area contributed by atoms with Crippen LogP contribution in [0, 0.1) is 0 Å². The Balaban J connectivity index is 1.88. The predicted molar refractivity (Wildman–Crippen MR) is 62.4 cm³/mol. The third kappa shape index (κ3) is 2.66. The van der Waals surface area contributed by atoms with Gasteiger partial charge in [-0.25, -0.2) is 9.59 Å². The summed E-state index contributed by atoms with van der Waals surface area (Å²) in [6, 6.07) is -0.462. The Bertz CT molecular complexity index is 289. The average Bonchev–Trinajstić information content (AvgIpc) is 2.86. The van der Waals surface area contributed by atoms with Gasteiger partial charge in [-0.05, 0) is 52.9 Å². The van der Waals surface area contributed by atoms with Gasteiger partial charge in [0.25, 0.3) is 0 Å². The highest BCUT2D eigenvalue weighted by Gasteiger charge is 2.35. The Kier molecular flexibility index (Phi) is 3.79. The van der Waals surface area contributed by atoms with Gasteiger partial charge in [0.1, 0.15) is 12.1 Å². The van der Waals surface area contributed by atoms with Gasteiger partial charge in [0, 0.05) is 0 Å². The van der Waals surface area contributed by atoms with Crippen LogP contribution in [0.3, 0.4) is 0 Å². The molecule has 0 aromatic heterocycles. The molecule has 5 nitrogen and oxygen atoms in total. The van der Waals surface area contributed by atoms with Crippen molar-refractivity contribution in [3.63, 3.8) is 0 Å². The largest absolute Gasteiger partial charge is 0.391 e. The molecule has 2 aliphatic rings. The van der Waals surface area contributed by atoms with Crippen molar-refractivity contribution >= 4 is 11.9 Å². The van der Waals surface area contributed by atoms with Gasteiger partial charge in [-0.2, -0.15) is 0 Å². The van der Waals surface area contributed by atoms with Crippen molar-refractivity contribution in [2.75, 3.05) is 27.2 Å². The number of ether oxygens (including phenoxy) is 1. The number of carbonyl (C=O) groups is 2. The minimum absolute atomic E-state index is 0.231. The van der Waals surface area contributed by atoms with Crippen LogP contribution in [-0.2, 0) is 14.3 Å². The van der Waals surface area contributed by atoms with E-state index in [1.807, 2.05) is 23.9 Å². The number of carbonyl (C=O) groups excluding carboxylic acids is 2. The molecule has 2 rings (SSSR count). The average molecular weight is 240 g/mol. The van der Waals surface area contributed by atoms with Crippen molar-refractivity contribution in [3.8, 4) is 0 Å². The van der Waals surface area contributed by atoms with Crippen LogP contribution in [0.2, 0.25) is 0 Å². The fraction of sp³-hybridized carbons (Fsp3) is 0.833. The highest BCUT2D eigenvalue weighted by Crippen LogP contribution is 2.19. The van der Waals surface area contributed by atoms with Gasteiger partial charge in [-0.15, -0.1) is 0 Å². The zero-order valence-corrected chi connectivity index (χ0v) is 10.5. The van der Waals surface area contributed by atoms with E-state index in [4.69, 9.17) is 4.74 Å². The van der Waals surface area contributed by atoms with Crippen LogP contribution in [0.15, 0.2) is 0 Å². The molecule has 0 aromatic carbocycles. The molecule has 0 N–H and O–H groups in total. The van der Waals surface area contributed by atoms with Gasteiger partial charge >= 0.3 is 11.9 Å². The van der Waals surface area contributed by atoms with Gasteiger partial charge in [-0.3, -0.25) is 9.80 Å². The Morgan fingerprint density at radius 3 is 1.65 bits per heavy atom. The van der Waals surface area contributed by atoms with Crippen LogP contribution in [0.1, 0.15) is 25.7 Å². The second-order valence-electron chi connectivity index (χ2n) is 5.02. The van der Waals surface area contributed by atoms with E-state index in [9.17, 15) is 9.59 Å². The molecular weight excluding hydrogens is 220 g/mol. The summed E-state index contributed by atoms with van der Waals surface area (Å²) < 4.78 is 5.00. The summed E-state index contributed by atoms with van der Waals surface area (Å²) in [6.07, 6.45) is 3.58. The summed E-state index contributed by atoms with van der Waals surface area (Å²) in [5.41, 5.74) is 0. The van der Waals surface area contributed by atoms with E-state index in [0.717, 1.165) is 38.8 Å². The summed E-state index contributed by atoms with van der Waals surface area (Å²) in [7, 11) is 3.79. The molecule has 2 unspecified atom stereocenters. The highest BCUT2D eigenvalue weighted by molar-refractivity contribution is 5.91. The van der Waals surface area contributed by atoms with E-state index >= 15 is 0 Å². The van der Waals surface area contributed by atoms with E-state index in [1.165, 1.54) is 0 Å². The van der Waals surface area contributed by atoms with Crippen molar-refractivity contribution in [2.45, 2.75) is 37.8 Å². The van der Waals surface area contributed by atoms with Crippen LogP contribution in [0.4, 0.5) is 0 Å². The first-order valence-corrected chi connectivity index (χ1v) is 6.25. The van der Waals surface area contributed by atoms with Gasteiger partial charge in [0.2, 0.25) is 0 Å². The maximum absolute atomic E-state index is 11.8. The van der Waals surface area contributed by atoms with Gasteiger partial charge in [0.15, 0.2) is 0 Å². The van der Waals surface area contributed by atoms with Crippen LogP contribution in [-0.4, -0.2) is 61.0 Å². The lowest BCUT2D eigenvalue weighted by atomic mass is 10.2. The molecule has 0 radical (unpaired) electrons. The summed E-state index contributed by atoms with van der Waals surface area (Å²) in [6.45, 7) is 1.80. The normalized spacial score (nSPS) is 30.7. The molecule has 0 amide bonds. The summed E-state index contributed by atoms with van der Waals surface area (Å²) in [5.74, 6) is -0.759. The molecule has 2 aliphatic heterocycles. The second-order valence-corrected chi connectivity index (χ2v) is 5.02. The molecule has 2 atom stereocenters. The van der Waals surface area contributed by atoms with Crippen molar-refractivity contribution in [1.82, 2.24) is 9.80 Å². The summed E-state index contributed by atoms with van der Waals surface area (Å²) >= 11 is 0. The molecule has 17 heavy (non-hydrogen) atoms. The number of likely N-dealkylation sites (N-methyl/N-ethyl adjacent to an activating group) is 2. The molecule has 0 bridgehead atoms. The zero-order valence-electron chi connectivity index (χ0n) is 10.5. The van der Waals surface area contributed by atoms with E-state index < -0.39 is 0 Å². The van der Waals surface area contributed by atoms with Crippen LogP contribution in [0.25, 0.3) is 0 Å². The first kappa shape index (κ1) is 12.5. The molecule has 96 valence electrons. The fourth-order valence-corrected chi connectivity index (χ4v) is 2.65. The zero-order chi connectivity index (χ0) is 12.4. The fourth-order valence-electron chi connectivity index (χ4n) is 2.65. The molecule has 0 spiro atoms. The number of nitrogens with zero attached hydrogens (tertiary/aromatic N) is 2. The Hall–Kier alpha value is -0.940. The van der Waals surface area contributed by atoms with Crippen molar-refractivity contribution in [3.05, 3.63) is 0 Å². The highest BCUT2D eigenvalue weighted by atomic mass is 16.6. The standard InChI is InChI=1S/C12H20N2O3/c1-13-7-3-5-9(13)11(15)17-12(16)10-6-4-8-14(10)2/h9-10H,3-8H2,1-2H3. The molecule has 0 saturated carbocycles. The quantitative estimate of drug-likeness (QED) is 0.511. The van der Waals surface area contributed by atoms with Crippen LogP contribution < -0.4 is 0 Å². The molecule has 0 aromatic rings. The lowest BCUT2D eigenvalue weighted by molar-refractivity contribution is -0.165. The van der Waals surface area contributed by atoms with Gasteiger partial charge < -0.3 is 4.74 Å². The third-order valence-electron chi connectivity index (χ3n) is 3.79. The van der Waals surface area contributed by atoms with E-state index in [2.05, 4.69) is 0 Å². The summed E-state index contributed by atoms with van der Waals surface area (Å²) in [5, 5.41) is 0. The van der Waals surface area contributed by atoms with Gasteiger partial charge in [0.05, 0.1) is 0 Å². The van der Waals surface area contributed by atoms with E-state index in [0.29, 0.717) is 0 Å².